The van der Waals surface area contributed by atoms with Gasteiger partial charge in [0, 0.05) is 19.3 Å². The predicted molar refractivity (Wildman–Crippen MR) is 77.5 cm³/mol. The summed E-state index contributed by atoms with van der Waals surface area (Å²) in [6.45, 7) is 4.99. The second-order valence-electron chi connectivity index (χ2n) is 4.66. The monoisotopic (exact) mass is 259 g/mol. The SMILES string of the molecule is CCCOc1ccc(C(C)Nc2ccn(C)n2)cc1. The van der Waals surface area contributed by atoms with Crippen LogP contribution in [0.15, 0.2) is 36.5 Å². The van der Waals surface area contributed by atoms with Gasteiger partial charge in [-0.05, 0) is 31.0 Å². The third-order valence-corrected chi connectivity index (χ3v) is 2.93. The molecule has 0 spiro atoms. The van der Waals surface area contributed by atoms with E-state index < -0.39 is 0 Å². The van der Waals surface area contributed by atoms with Crippen molar-refractivity contribution in [1.82, 2.24) is 9.78 Å². The van der Waals surface area contributed by atoms with Crippen molar-refractivity contribution in [3.8, 4) is 5.75 Å². The van der Waals surface area contributed by atoms with E-state index in [0.717, 1.165) is 24.6 Å². The highest BCUT2D eigenvalue weighted by molar-refractivity contribution is 5.38. The highest BCUT2D eigenvalue weighted by Crippen LogP contribution is 2.20. The van der Waals surface area contributed by atoms with Gasteiger partial charge in [-0.2, -0.15) is 5.10 Å². The van der Waals surface area contributed by atoms with Crippen LogP contribution >= 0.6 is 0 Å². The quantitative estimate of drug-likeness (QED) is 0.864. The number of nitrogens with one attached hydrogen (secondary N) is 1. The molecule has 0 saturated carbocycles. The molecule has 0 aliphatic carbocycles. The van der Waals surface area contributed by atoms with Gasteiger partial charge < -0.3 is 10.1 Å². The van der Waals surface area contributed by atoms with E-state index in [2.05, 4.69) is 36.4 Å². The lowest BCUT2D eigenvalue weighted by Crippen LogP contribution is -2.07. The molecule has 0 amide bonds. The molecule has 102 valence electrons. The first-order chi connectivity index (χ1) is 9.19. The van der Waals surface area contributed by atoms with Crippen molar-refractivity contribution >= 4 is 5.82 Å². The van der Waals surface area contributed by atoms with Gasteiger partial charge >= 0.3 is 0 Å². The molecule has 4 heteroatoms. The number of ether oxygens (including phenoxy) is 1. The Morgan fingerprint density at radius 3 is 2.58 bits per heavy atom. The van der Waals surface area contributed by atoms with Crippen LogP contribution in [0.25, 0.3) is 0 Å². The first kappa shape index (κ1) is 13.5. The van der Waals surface area contributed by atoms with Crippen molar-refractivity contribution in [1.29, 1.82) is 0 Å². The third kappa shape index (κ3) is 3.74. The number of hydrogen-bond donors (Lipinski definition) is 1. The summed E-state index contributed by atoms with van der Waals surface area (Å²) in [5, 5.41) is 7.68. The van der Waals surface area contributed by atoms with Crippen LogP contribution in [0.4, 0.5) is 5.82 Å². The number of rotatable bonds is 6. The van der Waals surface area contributed by atoms with Gasteiger partial charge in [0.1, 0.15) is 11.6 Å². The number of aromatic nitrogens is 2. The number of aryl methyl sites for hydroxylation is 1. The Morgan fingerprint density at radius 2 is 2.00 bits per heavy atom. The van der Waals surface area contributed by atoms with Crippen LogP contribution in [0.3, 0.4) is 0 Å². The largest absolute Gasteiger partial charge is 0.494 e. The molecule has 1 unspecified atom stereocenters. The van der Waals surface area contributed by atoms with E-state index >= 15 is 0 Å². The summed E-state index contributed by atoms with van der Waals surface area (Å²) in [4.78, 5) is 0. The maximum absolute atomic E-state index is 5.58. The minimum atomic E-state index is 0.218. The van der Waals surface area contributed by atoms with Gasteiger partial charge in [-0.1, -0.05) is 19.1 Å². The molecule has 1 aromatic carbocycles. The average molecular weight is 259 g/mol. The van der Waals surface area contributed by atoms with Gasteiger partial charge in [0.2, 0.25) is 0 Å². The summed E-state index contributed by atoms with van der Waals surface area (Å²) in [6, 6.07) is 10.4. The Labute approximate surface area is 114 Å². The van der Waals surface area contributed by atoms with Crippen LogP contribution < -0.4 is 10.1 Å². The van der Waals surface area contributed by atoms with Gasteiger partial charge in [-0.15, -0.1) is 0 Å². The number of benzene rings is 1. The molecular formula is C15H21N3O. The predicted octanol–water partition coefficient (Wildman–Crippen LogP) is 3.38. The van der Waals surface area contributed by atoms with Crippen molar-refractivity contribution in [2.24, 2.45) is 7.05 Å². The average Bonchev–Trinajstić information content (AvgIpc) is 2.82. The lowest BCUT2D eigenvalue weighted by Gasteiger charge is -2.14. The van der Waals surface area contributed by atoms with Crippen LogP contribution in [-0.4, -0.2) is 16.4 Å². The molecule has 0 aliphatic heterocycles. The zero-order valence-electron chi connectivity index (χ0n) is 11.8. The Kier molecular flexibility index (Phi) is 4.44. The zero-order chi connectivity index (χ0) is 13.7. The molecule has 0 saturated heterocycles. The topological polar surface area (TPSA) is 39.1 Å². The van der Waals surface area contributed by atoms with E-state index in [4.69, 9.17) is 4.74 Å². The third-order valence-electron chi connectivity index (χ3n) is 2.93. The van der Waals surface area contributed by atoms with E-state index in [-0.39, 0.29) is 6.04 Å². The summed E-state index contributed by atoms with van der Waals surface area (Å²) < 4.78 is 7.36. The second-order valence-corrected chi connectivity index (χ2v) is 4.66. The first-order valence-electron chi connectivity index (χ1n) is 6.68. The highest BCUT2D eigenvalue weighted by Gasteiger charge is 2.06. The fourth-order valence-electron chi connectivity index (χ4n) is 1.87. The molecule has 4 nitrogen and oxygen atoms in total. The Morgan fingerprint density at radius 1 is 1.26 bits per heavy atom. The van der Waals surface area contributed by atoms with Crippen molar-refractivity contribution in [3.05, 3.63) is 42.1 Å². The Bertz CT molecular complexity index is 504. The molecule has 0 radical (unpaired) electrons. The Hall–Kier alpha value is -1.97. The van der Waals surface area contributed by atoms with Crippen LogP contribution in [0.1, 0.15) is 31.9 Å². The van der Waals surface area contributed by atoms with E-state index in [1.54, 1.807) is 4.68 Å². The minimum Gasteiger partial charge on any atom is -0.494 e. The summed E-state index contributed by atoms with van der Waals surface area (Å²) in [5.41, 5.74) is 1.22. The maximum atomic E-state index is 5.58. The van der Waals surface area contributed by atoms with Crippen molar-refractivity contribution in [2.45, 2.75) is 26.3 Å². The molecule has 1 aromatic heterocycles. The summed E-state index contributed by atoms with van der Waals surface area (Å²) in [7, 11) is 1.91. The summed E-state index contributed by atoms with van der Waals surface area (Å²) in [6.07, 6.45) is 2.95. The van der Waals surface area contributed by atoms with E-state index in [0.29, 0.717) is 0 Å². The summed E-state index contributed by atoms with van der Waals surface area (Å²) in [5.74, 6) is 1.82. The van der Waals surface area contributed by atoms with E-state index in [1.165, 1.54) is 5.56 Å². The number of nitrogens with zero attached hydrogens (tertiary/aromatic N) is 2. The molecule has 2 aromatic rings. The fourth-order valence-corrected chi connectivity index (χ4v) is 1.87. The van der Waals surface area contributed by atoms with Crippen molar-refractivity contribution in [2.75, 3.05) is 11.9 Å². The lowest BCUT2D eigenvalue weighted by atomic mass is 10.1. The molecule has 1 N–H and O–H groups in total. The van der Waals surface area contributed by atoms with Crippen molar-refractivity contribution in [3.63, 3.8) is 0 Å². The standard InChI is InChI=1S/C15H21N3O/c1-4-11-19-14-7-5-13(6-8-14)12(2)16-15-9-10-18(3)17-15/h5-10,12H,4,11H2,1-3H3,(H,16,17). The molecule has 1 heterocycles. The molecule has 2 rings (SSSR count). The van der Waals surface area contributed by atoms with Gasteiger partial charge in [-0.3, -0.25) is 4.68 Å². The fraction of sp³-hybridized carbons (Fsp3) is 0.400. The second kappa shape index (κ2) is 6.27. The van der Waals surface area contributed by atoms with Gasteiger partial charge in [-0.25, -0.2) is 0 Å². The maximum Gasteiger partial charge on any atom is 0.148 e. The summed E-state index contributed by atoms with van der Waals surface area (Å²) >= 11 is 0. The van der Waals surface area contributed by atoms with Gasteiger partial charge in [0.05, 0.1) is 12.6 Å². The molecule has 1 atom stereocenters. The van der Waals surface area contributed by atoms with Crippen LogP contribution in [0.2, 0.25) is 0 Å². The lowest BCUT2D eigenvalue weighted by molar-refractivity contribution is 0.317. The van der Waals surface area contributed by atoms with E-state index in [9.17, 15) is 0 Å². The molecule has 0 bridgehead atoms. The smallest absolute Gasteiger partial charge is 0.148 e. The van der Waals surface area contributed by atoms with Crippen LogP contribution in [-0.2, 0) is 7.05 Å². The van der Waals surface area contributed by atoms with Crippen LogP contribution in [0.5, 0.6) is 5.75 Å². The molecule has 19 heavy (non-hydrogen) atoms. The van der Waals surface area contributed by atoms with Gasteiger partial charge in [0.25, 0.3) is 0 Å². The number of anilines is 1. The highest BCUT2D eigenvalue weighted by atomic mass is 16.5. The normalized spacial score (nSPS) is 12.2. The first-order valence-corrected chi connectivity index (χ1v) is 6.68. The zero-order valence-corrected chi connectivity index (χ0v) is 11.8. The minimum absolute atomic E-state index is 0.218. The van der Waals surface area contributed by atoms with Gasteiger partial charge in [0.15, 0.2) is 0 Å². The van der Waals surface area contributed by atoms with E-state index in [1.807, 2.05) is 31.4 Å². The molecular weight excluding hydrogens is 238 g/mol. The molecule has 0 fully saturated rings. The molecule has 0 aliphatic rings. The Balaban J connectivity index is 1.97. The van der Waals surface area contributed by atoms with Crippen LogP contribution in [0, 0.1) is 0 Å². The van der Waals surface area contributed by atoms with Crippen molar-refractivity contribution < 1.29 is 4.74 Å². The number of hydrogen-bond acceptors (Lipinski definition) is 3.